The molecule has 0 spiro atoms. The number of ether oxygens (including phenoxy) is 3. The summed E-state index contributed by atoms with van der Waals surface area (Å²) in [7, 11) is 3.14. The maximum absolute atomic E-state index is 13.3. The average molecular weight is 439 g/mol. The van der Waals surface area contributed by atoms with Gasteiger partial charge in [0, 0.05) is 20.8 Å². The van der Waals surface area contributed by atoms with Crippen LogP contribution < -0.4 is 5.32 Å². The van der Waals surface area contributed by atoms with Gasteiger partial charge < -0.3 is 19.5 Å². The molecule has 1 fully saturated rings. The summed E-state index contributed by atoms with van der Waals surface area (Å²) < 4.78 is 30.0. The average Bonchev–Trinajstić information content (AvgIpc) is 3.11. The normalized spacial score (nSPS) is 20.9. The number of benzene rings is 1. The Balaban J connectivity index is 2.02. The molecule has 1 aromatic rings. The SMILES string of the molecule is CO[C@@H]1CC([C@H](OC)[C@@H](C)C(=O)NCCc2cccc(F)c2)N(C(=O)OC(C)(C)C)C1. The third-order valence-electron chi connectivity index (χ3n) is 5.43. The topological polar surface area (TPSA) is 77.1 Å². The van der Waals surface area contributed by atoms with Crippen LogP contribution in [0.1, 0.15) is 39.7 Å². The summed E-state index contributed by atoms with van der Waals surface area (Å²) in [6.45, 7) is 7.97. The fourth-order valence-electron chi connectivity index (χ4n) is 3.87. The smallest absolute Gasteiger partial charge is 0.410 e. The summed E-state index contributed by atoms with van der Waals surface area (Å²) in [6, 6.07) is 5.95. The highest BCUT2D eigenvalue weighted by atomic mass is 19.1. The lowest BCUT2D eigenvalue weighted by atomic mass is 9.94. The van der Waals surface area contributed by atoms with E-state index in [1.54, 1.807) is 25.0 Å². The molecular formula is C23H35FN2O5. The van der Waals surface area contributed by atoms with Gasteiger partial charge in [-0.2, -0.15) is 0 Å². The van der Waals surface area contributed by atoms with Crippen LogP contribution in [0.5, 0.6) is 0 Å². The molecule has 0 radical (unpaired) electrons. The summed E-state index contributed by atoms with van der Waals surface area (Å²) in [6.07, 6.45) is -0.0551. The van der Waals surface area contributed by atoms with Crippen molar-refractivity contribution in [3.05, 3.63) is 35.6 Å². The first-order valence-corrected chi connectivity index (χ1v) is 10.6. The predicted molar refractivity (Wildman–Crippen MR) is 115 cm³/mol. The lowest BCUT2D eigenvalue weighted by Gasteiger charge is -2.34. The van der Waals surface area contributed by atoms with E-state index in [0.717, 1.165) is 5.56 Å². The first kappa shape index (κ1) is 25.1. The number of amides is 2. The van der Waals surface area contributed by atoms with Crippen LogP contribution in [-0.2, 0) is 25.4 Å². The van der Waals surface area contributed by atoms with Crippen molar-refractivity contribution in [1.82, 2.24) is 10.2 Å². The van der Waals surface area contributed by atoms with Gasteiger partial charge in [-0.1, -0.05) is 19.1 Å². The second-order valence-corrected chi connectivity index (χ2v) is 8.95. The van der Waals surface area contributed by atoms with Gasteiger partial charge in [-0.25, -0.2) is 9.18 Å². The van der Waals surface area contributed by atoms with Crippen LogP contribution in [-0.4, -0.2) is 68.1 Å². The third-order valence-corrected chi connectivity index (χ3v) is 5.43. The van der Waals surface area contributed by atoms with Gasteiger partial charge in [0.25, 0.3) is 0 Å². The lowest BCUT2D eigenvalue weighted by Crippen LogP contribution is -2.50. The Morgan fingerprint density at radius 3 is 2.58 bits per heavy atom. The summed E-state index contributed by atoms with van der Waals surface area (Å²) in [5, 5.41) is 2.89. The van der Waals surface area contributed by atoms with Crippen molar-refractivity contribution in [3.63, 3.8) is 0 Å². The van der Waals surface area contributed by atoms with E-state index >= 15 is 0 Å². The number of hydrogen-bond donors (Lipinski definition) is 1. The molecule has 1 aliphatic heterocycles. The van der Waals surface area contributed by atoms with Gasteiger partial charge in [0.15, 0.2) is 0 Å². The van der Waals surface area contributed by atoms with Gasteiger partial charge in [-0.05, 0) is 51.3 Å². The van der Waals surface area contributed by atoms with Crippen LogP contribution in [0.2, 0.25) is 0 Å². The quantitative estimate of drug-likeness (QED) is 0.675. The van der Waals surface area contributed by atoms with Crippen molar-refractivity contribution in [1.29, 1.82) is 0 Å². The number of nitrogens with one attached hydrogen (secondary N) is 1. The summed E-state index contributed by atoms with van der Waals surface area (Å²) in [4.78, 5) is 27.1. The molecule has 1 aromatic carbocycles. The van der Waals surface area contributed by atoms with Crippen molar-refractivity contribution in [3.8, 4) is 0 Å². The molecule has 0 saturated carbocycles. The summed E-state index contributed by atoms with van der Waals surface area (Å²) in [5.74, 6) is -0.996. The Labute approximate surface area is 184 Å². The maximum atomic E-state index is 13.3. The van der Waals surface area contributed by atoms with Crippen LogP contribution in [0.4, 0.5) is 9.18 Å². The minimum absolute atomic E-state index is 0.154. The van der Waals surface area contributed by atoms with Crippen molar-refractivity contribution >= 4 is 12.0 Å². The number of methoxy groups -OCH3 is 2. The molecule has 8 heteroatoms. The van der Waals surface area contributed by atoms with E-state index in [1.165, 1.54) is 19.2 Å². The highest BCUT2D eigenvalue weighted by molar-refractivity contribution is 5.79. The fourth-order valence-corrected chi connectivity index (χ4v) is 3.87. The number of carbonyl (C=O) groups is 2. The number of nitrogens with zero attached hydrogens (tertiary/aromatic N) is 1. The zero-order valence-electron chi connectivity index (χ0n) is 19.3. The molecule has 1 aliphatic rings. The fraction of sp³-hybridized carbons (Fsp3) is 0.652. The van der Waals surface area contributed by atoms with Crippen LogP contribution in [0.3, 0.4) is 0 Å². The van der Waals surface area contributed by atoms with E-state index in [-0.39, 0.29) is 23.9 Å². The van der Waals surface area contributed by atoms with Crippen molar-refractivity contribution in [2.45, 2.75) is 64.4 Å². The third kappa shape index (κ3) is 7.18. The minimum Gasteiger partial charge on any atom is -0.444 e. The monoisotopic (exact) mass is 438 g/mol. The number of carbonyl (C=O) groups excluding carboxylic acids is 2. The highest BCUT2D eigenvalue weighted by Gasteiger charge is 2.45. The molecule has 0 bridgehead atoms. The standard InChI is InChI=1S/C23H35FN2O5/c1-15(21(27)25-11-10-16-8-7-9-17(24)12-16)20(30-6)19-13-18(29-5)14-26(19)22(28)31-23(2,3)4/h7-9,12,15,18-20H,10-11,13-14H2,1-6H3,(H,25,27)/t15-,18-,19?,20-/m1/s1. The Hall–Kier alpha value is -2.19. The maximum Gasteiger partial charge on any atom is 0.410 e. The Bertz CT molecular complexity index is 752. The zero-order valence-corrected chi connectivity index (χ0v) is 19.3. The number of hydrogen-bond acceptors (Lipinski definition) is 5. The van der Waals surface area contributed by atoms with Crippen molar-refractivity contribution in [2.24, 2.45) is 5.92 Å². The van der Waals surface area contributed by atoms with Gasteiger partial charge in [0.05, 0.1) is 30.7 Å². The number of rotatable bonds is 8. The molecule has 1 heterocycles. The molecule has 2 amide bonds. The second kappa shape index (κ2) is 10.9. The van der Waals surface area contributed by atoms with Crippen molar-refractivity contribution < 1.29 is 28.2 Å². The number of likely N-dealkylation sites (tertiary alicyclic amines) is 1. The second-order valence-electron chi connectivity index (χ2n) is 8.95. The molecule has 0 aromatic heterocycles. The highest BCUT2D eigenvalue weighted by Crippen LogP contribution is 2.29. The van der Waals surface area contributed by atoms with E-state index < -0.39 is 23.7 Å². The van der Waals surface area contributed by atoms with E-state index in [2.05, 4.69) is 5.32 Å². The van der Waals surface area contributed by atoms with Gasteiger partial charge in [-0.15, -0.1) is 0 Å². The van der Waals surface area contributed by atoms with Gasteiger partial charge in [0.1, 0.15) is 11.4 Å². The lowest BCUT2D eigenvalue weighted by molar-refractivity contribution is -0.130. The molecule has 31 heavy (non-hydrogen) atoms. The van der Waals surface area contributed by atoms with Crippen molar-refractivity contribution in [2.75, 3.05) is 27.3 Å². The van der Waals surface area contributed by atoms with E-state index in [1.807, 2.05) is 26.8 Å². The molecule has 1 N–H and O–H groups in total. The van der Waals surface area contributed by atoms with E-state index in [9.17, 15) is 14.0 Å². The first-order valence-electron chi connectivity index (χ1n) is 10.6. The first-order chi connectivity index (χ1) is 14.6. The van der Waals surface area contributed by atoms with E-state index in [0.29, 0.717) is 25.9 Å². The molecule has 0 aliphatic carbocycles. The predicted octanol–water partition coefficient (Wildman–Crippen LogP) is 3.16. The summed E-state index contributed by atoms with van der Waals surface area (Å²) in [5.41, 5.74) is 0.181. The van der Waals surface area contributed by atoms with Crippen LogP contribution in [0, 0.1) is 11.7 Å². The van der Waals surface area contributed by atoms with Crippen LogP contribution >= 0.6 is 0 Å². The molecule has 4 atom stereocenters. The Morgan fingerprint density at radius 2 is 2.00 bits per heavy atom. The van der Waals surface area contributed by atoms with Gasteiger partial charge in [0.2, 0.25) is 5.91 Å². The van der Waals surface area contributed by atoms with Gasteiger partial charge >= 0.3 is 6.09 Å². The van der Waals surface area contributed by atoms with Gasteiger partial charge in [-0.3, -0.25) is 9.69 Å². The molecule has 1 saturated heterocycles. The molecule has 7 nitrogen and oxygen atoms in total. The molecule has 174 valence electrons. The Morgan fingerprint density at radius 1 is 1.29 bits per heavy atom. The summed E-state index contributed by atoms with van der Waals surface area (Å²) >= 11 is 0. The largest absolute Gasteiger partial charge is 0.444 e. The molecule has 1 unspecified atom stereocenters. The van der Waals surface area contributed by atoms with Crippen LogP contribution in [0.25, 0.3) is 0 Å². The molecule has 2 rings (SSSR count). The van der Waals surface area contributed by atoms with Crippen LogP contribution in [0.15, 0.2) is 24.3 Å². The number of halogens is 1. The minimum atomic E-state index is -0.630. The molecular weight excluding hydrogens is 403 g/mol. The van der Waals surface area contributed by atoms with E-state index in [4.69, 9.17) is 14.2 Å². The zero-order chi connectivity index (χ0) is 23.2. The Kier molecular flexibility index (Phi) is 8.82.